The van der Waals surface area contributed by atoms with Crippen LogP contribution in [0.1, 0.15) is 40.0 Å². The zero-order valence-electron chi connectivity index (χ0n) is 12.1. The molecule has 18 heavy (non-hydrogen) atoms. The standard InChI is InChI=1S/C14H28N4/c1-4-15-14(16-9-11(2)3)17-12-7-8-18(10-12)13-5-6-13/h11-13H,4-10H2,1-3H3,(H2,15,16,17). The van der Waals surface area contributed by atoms with Crippen molar-refractivity contribution in [2.75, 3.05) is 26.2 Å². The summed E-state index contributed by atoms with van der Waals surface area (Å²) in [6.07, 6.45) is 4.07. The van der Waals surface area contributed by atoms with Gasteiger partial charge >= 0.3 is 0 Å². The van der Waals surface area contributed by atoms with E-state index >= 15 is 0 Å². The van der Waals surface area contributed by atoms with Crippen molar-refractivity contribution in [2.45, 2.75) is 52.1 Å². The van der Waals surface area contributed by atoms with Crippen molar-refractivity contribution < 1.29 is 0 Å². The van der Waals surface area contributed by atoms with Crippen LogP contribution in [0, 0.1) is 5.92 Å². The van der Waals surface area contributed by atoms with Crippen molar-refractivity contribution in [3.05, 3.63) is 0 Å². The highest BCUT2D eigenvalue weighted by atomic mass is 15.3. The summed E-state index contributed by atoms with van der Waals surface area (Å²) in [5.41, 5.74) is 0. The maximum Gasteiger partial charge on any atom is 0.191 e. The van der Waals surface area contributed by atoms with Crippen LogP contribution in [0.5, 0.6) is 0 Å². The maximum absolute atomic E-state index is 4.64. The molecule has 0 bridgehead atoms. The van der Waals surface area contributed by atoms with Crippen molar-refractivity contribution in [2.24, 2.45) is 10.9 Å². The minimum absolute atomic E-state index is 0.579. The molecule has 0 amide bonds. The highest BCUT2D eigenvalue weighted by Gasteiger charge is 2.34. The van der Waals surface area contributed by atoms with Crippen LogP contribution in [-0.2, 0) is 0 Å². The van der Waals surface area contributed by atoms with Gasteiger partial charge < -0.3 is 10.6 Å². The number of aliphatic imine (C=N–C) groups is 1. The van der Waals surface area contributed by atoms with Gasteiger partial charge in [-0.25, -0.2) is 0 Å². The quantitative estimate of drug-likeness (QED) is 0.574. The number of likely N-dealkylation sites (tertiary alicyclic amines) is 1. The Morgan fingerprint density at radius 3 is 2.72 bits per heavy atom. The highest BCUT2D eigenvalue weighted by Crippen LogP contribution is 2.29. The number of guanidine groups is 1. The second kappa shape index (κ2) is 6.41. The molecule has 0 aromatic rings. The van der Waals surface area contributed by atoms with Crippen molar-refractivity contribution in [3.63, 3.8) is 0 Å². The van der Waals surface area contributed by atoms with Gasteiger partial charge in [0.25, 0.3) is 0 Å². The van der Waals surface area contributed by atoms with Gasteiger partial charge in [0.2, 0.25) is 0 Å². The fourth-order valence-corrected chi connectivity index (χ4v) is 2.46. The number of nitrogens with zero attached hydrogens (tertiary/aromatic N) is 2. The topological polar surface area (TPSA) is 39.7 Å². The fraction of sp³-hybridized carbons (Fsp3) is 0.929. The number of hydrogen-bond acceptors (Lipinski definition) is 2. The van der Waals surface area contributed by atoms with E-state index in [1.807, 2.05) is 0 Å². The Balaban J connectivity index is 1.79. The minimum Gasteiger partial charge on any atom is -0.357 e. The molecule has 4 nitrogen and oxygen atoms in total. The molecule has 1 unspecified atom stereocenters. The van der Waals surface area contributed by atoms with Crippen LogP contribution in [0.4, 0.5) is 0 Å². The summed E-state index contributed by atoms with van der Waals surface area (Å²) in [5, 5.41) is 6.93. The highest BCUT2D eigenvalue weighted by molar-refractivity contribution is 5.80. The van der Waals surface area contributed by atoms with Gasteiger partial charge in [-0.1, -0.05) is 13.8 Å². The van der Waals surface area contributed by atoms with Crippen molar-refractivity contribution in [1.82, 2.24) is 15.5 Å². The molecular formula is C14H28N4. The van der Waals surface area contributed by atoms with E-state index in [4.69, 9.17) is 0 Å². The van der Waals surface area contributed by atoms with Gasteiger partial charge in [-0.3, -0.25) is 9.89 Å². The molecule has 1 aliphatic heterocycles. The van der Waals surface area contributed by atoms with Crippen LogP contribution >= 0.6 is 0 Å². The summed E-state index contributed by atoms with van der Waals surface area (Å²) >= 11 is 0. The van der Waals surface area contributed by atoms with Gasteiger partial charge in [-0.2, -0.15) is 0 Å². The minimum atomic E-state index is 0.579. The maximum atomic E-state index is 4.64. The van der Waals surface area contributed by atoms with Crippen LogP contribution < -0.4 is 10.6 Å². The number of rotatable bonds is 5. The molecule has 2 fully saturated rings. The van der Waals surface area contributed by atoms with Crippen LogP contribution in [0.25, 0.3) is 0 Å². The van der Waals surface area contributed by atoms with Crippen molar-refractivity contribution in [1.29, 1.82) is 0 Å². The lowest BCUT2D eigenvalue weighted by atomic mass is 10.2. The molecular weight excluding hydrogens is 224 g/mol. The summed E-state index contributed by atoms with van der Waals surface area (Å²) in [4.78, 5) is 7.27. The van der Waals surface area contributed by atoms with E-state index in [0.29, 0.717) is 12.0 Å². The van der Waals surface area contributed by atoms with Crippen molar-refractivity contribution in [3.8, 4) is 0 Å². The molecule has 0 aromatic carbocycles. The zero-order valence-corrected chi connectivity index (χ0v) is 12.1. The van der Waals surface area contributed by atoms with Gasteiger partial charge in [-0.15, -0.1) is 0 Å². The lowest BCUT2D eigenvalue weighted by Gasteiger charge is -2.18. The Morgan fingerprint density at radius 2 is 2.11 bits per heavy atom. The fourth-order valence-electron chi connectivity index (χ4n) is 2.46. The molecule has 1 heterocycles. The molecule has 2 N–H and O–H groups in total. The average Bonchev–Trinajstić information content (AvgIpc) is 3.08. The summed E-state index contributed by atoms with van der Waals surface area (Å²) < 4.78 is 0. The SMILES string of the molecule is CCNC(=NCC(C)C)NC1CCN(C2CC2)C1. The summed E-state index contributed by atoms with van der Waals surface area (Å²) in [5.74, 6) is 1.61. The van der Waals surface area contributed by atoms with E-state index < -0.39 is 0 Å². The predicted octanol–water partition coefficient (Wildman–Crippen LogP) is 1.43. The Hall–Kier alpha value is -0.770. The van der Waals surface area contributed by atoms with E-state index in [2.05, 4.69) is 41.3 Å². The molecule has 2 aliphatic rings. The zero-order chi connectivity index (χ0) is 13.0. The first-order valence-corrected chi connectivity index (χ1v) is 7.48. The van der Waals surface area contributed by atoms with E-state index in [9.17, 15) is 0 Å². The van der Waals surface area contributed by atoms with Gasteiger partial charge in [0, 0.05) is 38.3 Å². The third-order valence-electron chi connectivity index (χ3n) is 3.58. The number of hydrogen-bond donors (Lipinski definition) is 2. The first-order chi connectivity index (χ1) is 8.69. The molecule has 0 radical (unpaired) electrons. The molecule has 1 saturated carbocycles. The average molecular weight is 252 g/mol. The normalized spacial score (nSPS) is 25.8. The molecule has 1 saturated heterocycles. The Bertz CT molecular complexity index is 284. The van der Waals surface area contributed by atoms with Gasteiger partial charge in [0.15, 0.2) is 5.96 Å². The van der Waals surface area contributed by atoms with Crippen LogP contribution in [0.2, 0.25) is 0 Å². The Kier molecular flexibility index (Phi) is 4.87. The third-order valence-corrected chi connectivity index (χ3v) is 3.58. The second-order valence-corrected chi connectivity index (χ2v) is 5.97. The Labute approximate surface area is 111 Å². The molecule has 1 aliphatic carbocycles. The van der Waals surface area contributed by atoms with Crippen LogP contribution in [0.15, 0.2) is 4.99 Å². The lowest BCUT2D eigenvalue weighted by molar-refractivity contribution is 0.321. The lowest BCUT2D eigenvalue weighted by Crippen LogP contribution is -2.45. The van der Waals surface area contributed by atoms with E-state index in [1.165, 1.54) is 32.4 Å². The van der Waals surface area contributed by atoms with E-state index in [1.54, 1.807) is 0 Å². The summed E-state index contributed by atoms with van der Waals surface area (Å²) in [6.45, 7) is 10.8. The van der Waals surface area contributed by atoms with E-state index in [0.717, 1.165) is 25.1 Å². The monoisotopic (exact) mass is 252 g/mol. The van der Waals surface area contributed by atoms with Gasteiger partial charge in [0.05, 0.1) is 0 Å². The molecule has 2 rings (SSSR count). The molecule has 1 atom stereocenters. The first kappa shape index (κ1) is 13.7. The number of nitrogens with one attached hydrogen (secondary N) is 2. The summed E-state index contributed by atoms with van der Waals surface area (Å²) in [7, 11) is 0. The van der Waals surface area contributed by atoms with Crippen molar-refractivity contribution >= 4 is 5.96 Å². The molecule has 4 heteroatoms. The predicted molar refractivity (Wildman–Crippen MR) is 77.0 cm³/mol. The molecule has 0 spiro atoms. The molecule has 0 aromatic heterocycles. The van der Waals surface area contributed by atoms with Crippen LogP contribution in [0.3, 0.4) is 0 Å². The first-order valence-electron chi connectivity index (χ1n) is 7.48. The Morgan fingerprint density at radius 1 is 1.33 bits per heavy atom. The van der Waals surface area contributed by atoms with Gasteiger partial charge in [-0.05, 0) is 32.1 Å². The van der Waals surface area contributed by atoms with Gasteiger partial charge in [0.1, 0.15) is 0 Å². The summed E-state index contributed by atoms with van der Waals surface area (Å²) in [6, 6.07) is 1.47. The van der Waals surface area contributed by atoms with E-state index in [-0.39, 0.29) is 0 Å². The smallest absolute Gasteiger partial charge is 0.191 e. The second-order valence-electron chi connectivity index (χ2n) is 5.97. The van der Waals surface area contributed by atoms with Crippen LogP contribution in [-0.4, -0.2) is 49.1 Å². The molecule has 104 valence electrons. The largest absolute Gasteiger partial charge is 0.357 e. The third kappa shape index (κ3) is 4.16.